The Morgan fingerprint density at radius 1 is 1.21 bits per heavy atom. The van der Waals surface area contributed by atoms with Gasteiger partial charge in [0.1, 0.15) is 5.76 Å². The molecule has 0 unspecified atom stereocenters. The first-order valence-corrected chi connectivity index (χ1v) is 10.3. The number of rotatable bonds is 7. The van der Waals surface area contributed by atoms with Crippen molar-refractivity contribution in [2.45, 2.75) is 33.2 Å². The first kappa shape index (κ1) is 18.5. The van der Waals surface area contributed by atoms with E-state index in [0.29, 0.717) is 13.1 Å². The van der Waals surface area contributed by atoms with Crippen molar-refractivity contribution in [2.24, 2.45) is 0 Å². The SMILES string of the molecule is Cc1cc(C(=O)NCCCc2nc3ccccc3s2)c(C)n1Cc1ccco1. The average molecular weight is 394 g/mol. The van der Waals surface area contributed by atoms with Gasteiger partial charge in [-0.05, 0) is 50.6 Å². The Bertz CT molecular complexity index is 1060. The number of nitrogens with one attached hydrogen (secondary N) is 1. The predicted octanol–water partition coefficient (Wildman–Crippen LogP) is 4.72. The van der Waals surface area contributed by atoms with Crippen LogP contribution in [0.2, 0.25) is 0 Å². The minimum Gasteiger partial charge on any atom is -0.467 e. The summed E-state index contributed by atoms with van der Waals surface area (Å²) >= 11 is 1.73. The van der Waals surface area contributed by atoms with Gasteiger partial charge in [0.15, 0.2) is 0 Å². The zero-order valence-electron chi connectivity index (χ0n) is 16.1. The molecule has 0 saturated carbocycles. The highest BCUT2D eigenvalue weighted by Crippen LogP contribution is 2.22. The number of amides is 1. The minimum atomic E-state index is -0.0249. The summed E-state index contributed by atoms with van der Waals surface area (Å²) in [6.45, 7) is 5.26. The third-order valence-electron chi connectivity index (χ3n) is 4.90. The van der Waals surface area contributed by atoms with Crippen LogP contribution in [0.25, 0.3) is 10.2 Å². The van der Waals surface area contributed by atoms with Crippen molar-refractivity contribution < 1.29 is 9.21 Å². The summed E-state index contributed by atoms with van der Waals surface area (Å²) in [7, 11) is 0. The zero-order valence-corrected chi connectivity index (χ0v) is 16.9. The molecular weight excluding hydrogens is 370 g/mol. The molecular formula is C22H23N3O2S. The molecule has 0 spiro atoms. The van der Waals surface area contributed by atoms with E-state index < -0.39 is 0 Å². The van der Waals surface area contributed by atoms with Crippen LogP contribution in [0, 0.1) is 13.8 Å². The summed E-state index contributed by atoms with van der Waals surface area (Å²) in [5.41, 5.74) is 3.78. The molecule has 4 rings (SSSR count). The largest absolute Gasteiger partial charge is 0.467 e. The van der Waals surface area contributed by atoms with Gasteiger partial charge in [-0.25, -0.2) is 4.98 Å². The number of carbonyl (C=O) groups excluding carboxylic acids is 1. The molecule has 144 valence electrons. The predicted molar refractivity (Wildman–Crippen MR) is 112 cm³/mol. The quantitative estimate of drug-likeness (QED) is 0.462. The fourth-order valence-electron chi connectivity index (χ4n) is 3.40. The fourth-order valence-corrected chi connectivity index (χ4v) is 4.41. The van der Waals surface area contributed by atoms with Crippen molar-refractivity contribution in [3.8, 4) is 0 Å². The lowest BCUT2D eigenvalue weighted by atomic mass is 10.2. The van der Waals surface area contributed by atoms with Gasteiger partial charge in [0.05, 0.1) is 33.6 Å². The lowest BCUT2D eigenvalue weighted by molar-refractivity contribution is 0.0952. The number of benzene rings is 1. The monoisotopic (exact) mass is 393 g/mol. The maximum atomic E-state index is 12.6. The second kappa shape index (κ2) is 8.02. The average Bonchev–Trinajstić information content (AvgIpc) is 3.40. The number of nitrogens with zero attached hydrogens (tertiary/aromatic N) is 2. The molecule has 1 aromatic carbocycles. The highest BCUT2D eigenvalue weighted by atomic mass is 32.1. The molecule has 0 bridgehead atoms. The first-order valence-electron chi connectivity index (χ1n) is 9.43. The van der Waals surface area contributed by atoms with E-state index >= 15 is 0 Å². The normalized spacial score (nSPS) is 11.2. The van der Waals surface area contributed by atoms with Crippen LogP contribution >= 0.6 is 11.3 Å². The Morgan fingerprint density at radius 3 is 2.86 bits per heavy atom. The van der Waals surface area contributed by atoms with E-state index in [0.717, 1.165) is 46.1 Å². The minimum absolute atomic E-state index is 0.0249. The van der Waals surface area contributed by atoms with Gasteiger partial charge in [-0.2, -0.15) is 0 Å². The van der Waals surface area contributed by atoms with Gasteiger partial charge in [-0.3, -0.25) is 4.79 Å². The molecule has 0 aliphatic carbocycles. The van der Waals surface area contributed by atoms with Gasteiger partial charge in [-0.1, -0.05) is 12.1 Å². The molecule has 0 saturated heterocycles. The molecule has 0 aliphatic rings. The molecule has 0 atom stereocenters. The topological polar surface area (TPSA) is 60.1 Å². The maximum Gasteiger partial charge on any atom is 0.253 e. The summed E-state index contributed by atoms with van der Waals surface area (Å²) in [4.78, 5) is 17.3. The Labute approximate surface area is 168 Å². The second-order valence-electron chi connectivity index (χ2n) is 6.89. The van der Waals surface area contributed by atoms with Gasteiger partial charge in [0.25, 0.3) is 5.91 Å². The highest BCUT2D eigenvalue weighted by Gasteiger charge is 2.16. The van der Waals surface area contributed by atoms with E-state index in [-0.39, 0.29) is 5.91 Å². The van der Waals surface area contributed by atoms with E-state index in [1.807, 2.05) is 50.2 Å². The number of thiazole rings is 1. The van der Waals surface area contributed by atoms with Gasteiger partial charge in [-0.15, -0.1) is 11.3 Å². The number of hydrogen-bond donors (Lipinski definition) is 1. The van der Waals surface area contributed by atoms with Gasteiger partial charge in [0, 0.05) is 24.4 Å². The number of furan rings is 1. The molecule has 6 heteroatoms. The number of aryl methyl sites for hydroxylation is 2. The molecule has 0 radical (unpaired) electrons. The summed E-state index contributed by atoms with van der Waals surface area (Å²) in [5.74, 6) is 0.854. The van der Waals surface area contributed by atoms with Crippen molar-refractivity contribution in [1.82, 2.24) is 14.9 Å². The molecule has 0 fully saturated rings. The van der Waals surface area contributed by atoms with Crippen LogP contribution in [0.1, 0.15) is 38.9 Å². The number of fused-ring (bicyclic) bond motifs is 1. The molecule has 4 aromatic rings. The van der Waals surface area contributed by atoms with Crippen molar-refractivity contribution in [1.29, 1.82) is 0 Å². The molecule has 3 aromatic heterocycles. The van der Waals surface area contributed by atoms with Gasteiger partial charge >= 0.3 is 0 Å². The number of aromatic nitrogens is 2. The maximum absolute atomic E-state index is 12.6. The molecule has 1 N–H and O–H groups in total. The van der Waals surface area contributed by atoms with Crippen LogP contribution in [0.4, 0.5) is 0 Å². The highest BCUT2D eigenvalue weighted by molar-refractivity contribution is 7.18. The second-order valence-corrected chi connectivity index (χ2v) is 8.00. The molecule has 1 amide bonds. The third kappa shape index (κ3) is 3.87. The van der Waals surface area contributed by atoms with Crippen LogP contribution in [0.3, 0.4) is 0 Å². The van der Waals surface area contributed by atoms with Gasteiger partial charge < -0.3 is 14.3 Å². The first-order chi connectivity index (χ1) is 13.6. The van der Waals surface area contributed by atoms with E-state index in [9.17, 15) is 4.79 Å². The van der Waals surface area contributed by atoms with Crippen LogP contribution < -0.4 is 5.32 Å². The van der Waals surface area contributed by atoms with Gasteiger partial charge in [0.2, 0.25) is 0 Å². The van der Waals surface area contributed by atoms with E-state index in [1.165, 1.54) is 4.70 Å². The third-order valence-corrected chi connectivity index (χ3v) is 6.00. The number of hydrogen-bond acceptors (Lipinski definition) is 4. The fraction of sp³-hybridized carbons (Fsp3) is 0.273. The molecule has 5 nitrogen and oxygen atoms in total. The standard InChI is InChI=1S/C22H23N3O2S/c1-15-13-18(16(2)25(15)14-17-7-6-12-27-17)22(26)23-11-5-10-21-24-19-8-3-4-9-20(19)28-21/h3-4,6-9,12-13H,5,10-11,14H2,1-2H3,(H,23,26). The number of para-hydroxylation sites is 1. The summed E-state index contributed by atoms with van der Waals surface area (Å²) < 4.78 is 8.75. The van der Waals surface area contributed by atoms with E-state index in [2.05, 4.69) is 20.9 Å². The Morgan fingerprint density at radius 2 is 2.07 bits per heavy atom. The van der Waals surface area contributed by atoms with Crippen molar-refractivity contribution >= 4 is 27.5 Å². The Balaban J connectivity index is 1.33. The van der Waals surface area contributed by atoms with Crippen molar-refractivity contribution in [3.63, 3.8) is 0 Å². The Kier molecular flexibility index (Phi) is 5.30. The van der Waals surface area contributed by atoms with Crippen LogP contribution in [-0.2, 0) is 13.0 Å². The van der Waals surface area contributed by atoms with E-state index in [4.69, 9.17) is 4.42 Å². The van der Waals surface area contributed by atoms with E-state index in [1.54, 1.807) is 17.6 Å². The number of carbonyl (C=O) groups is 1. The summed E-state index contributed by atoms with van der Waals surface area (Å²) in [6.07, 6.45) is 3.41. The van der Waals surface area contributed by atoms with Crippen LogP contribution in [-0.4, -0.2) is 22.0 Å². The smallest absolute Gasteiger partial charge is 0.253 e. The lowest BCUT2D eigenvalue weighted by Crippen LogP contribution is -2.25. The zero-order chi connectivity index (χ0) is 19.5. The Hall–Kier alpha value is -2.86. The van der Waals surface area contributed by atoms with Crippen LogP contribution in [0.15, 0.2) is 53.1 Å². The van der Waals surface area contributed by atoms with Crippen molar-refractivity contribution in [2.75, 3.05) is 6.54 Å². The lowest BCUT2D eigenvalue weighted by Gasteiger charge is -2.08. The summed E-state index contributed by atoms with van der Waals surface area (Å²) in [6, 6.07) is 13.9. The molecule has 0 aliphatic heterocycles. The van der Waals surface area contributed by atoms with Crippen LogP contribution in [0.5, 0.6) is 0 Å². The molecule has 28 heavy (non-hydrogen) atoms. The van der Waals surface area contributed by atoms with Crippen molar-refractivity contribution in [3.05, 3.63) is 76.4 Å². The molecule has 3 heterocycles. The summed E-state index contributed by atoms with van der Waals surface area (Å²) in [5, 5.41) is 4.16.